The quantitative estimate of drug-likeness (QED) is 0.605. The second kappa shape index (κ2) is 5.49. The van der Waals surface area contributed by atoms with E-state index in [0.29, 0.717) is 11.8 Å². The first-order chi connectivity index (χ1) is 12.3. The lowest BCUT2D eigenvalue weighted by Crippen LogP contribution is -2.67. The minimum Gasteiger partial charge on any atom is -0.481 e. The van der Waals surface area contributed by atoms with E-state index >= 15 is 0 Å². The predicted octanol–water partition coefficient (Wildman–Crippen LogP) is 6.48. The Bertz CT molecular complexity index is 922. The molecule has 1 fully saturated rings. The number of aryl methyl sites for hydroxylation is 3. The van der Waals surface area contributed by atoms with Crippen LogP contribution in [0.15, 0.2) is 36.4 Å². The average Bonchev–Trinajstić information content (AvgIpc) is 2.85. The molecular weight excluding hydrogens is 316 g/mol. The lowest BCUT2D eigenvalue weighted by Gasteiger charge is -2.62. The first-order valence-electron chi connectivity index (χ1n) is 9.82. The summed E-state index contributed by atoms with van der Waals surface area (Å²) in [6.07, 6.45) is 4.31. The van der Waals surface area contributed by atoms with Gasteiger partial charge in [0.15, 0.2) is 0 Å². The van der Waals surface area contributed by atoms with E-state index in [1.807, 2.05) is 0 Å². The van der Waals surface area contributed by atoms with Gasteiger partial charge in [0, 0.05) is 16.9 Å². The summed E-state index contributed by atoms with van der Waals surface area (Å²) in [7, 11) is 0. The van der Waals surface area contributed by atoms with Crippen LogP contribution in [0.5, 0.6) is 5.75 Å². The molecule has 1 aliphatic heterocycles. The van der Waals surface area contributed by atoms with E-state index < -0.39 is 0 Å². The van der Waals surface area contributed by atoms with Crippen molar-refractivity contribution in [1.29, 1.82) is 0 Å². The summed E-state index contributed by atoms with van der Waals surface area (Å²) in [5, 5.41) is 0. The molecule has 1 saturated carbocycles. The van der Waals surface area contributed by atoms with Gasteiger partial charge in [0.25, 0.3) is 0 Å². The molecule has 1 heteroatoms. The number of fused-ring (bicyclic) bond motifs is 3. The summed E-state index contributed by atoms with van der Waals surface area (Å²) in [6, 6.07) is 11.5. The van der Waals surface area contributed by atoms with Crippen LogP contribution < -0.4 is 4.74 Å². The van der Waals surface area contributed by atoms with Gasteiger partial charge < -0.3 is 4.74 Å². The minimum absolute atomic E-state index is 0.00575. The normalized spacial score (nSPS) is 32.1. The maximum atomic E-state index is 6.90. The van der Waals surface area contributed by atoms with Gasteiger partial charge in [-0.3, -0.25) is 0 Å². The standard InChI is InChI=1S/C25H30O/c1-8-9-20-12-17(4)23-22(14-20)24(7)18(5)19(6)25(24,26-23)21-11-10-15(2)16(3)13-21/h8-14,18-19H,1-7H3/b9-8+/t18-,19-,24+,25-/m1/s1. The Labute approximate surface area is 158 Å². The molecule has 0 spiro atoms. The Hall–Kier alpha value is -2.02. The van der Waals surface area contributed by atoms with Crippen molar-refractivity contribution in [2.45, 2.75) is 59.5 Å². The Kier molecular flexibility index (Phi) is 3.67. The van der Waals surface area contributed by atoms with Gasteiger partial charge in [0.05, 0.1) is 0 Å². The van der Waals surface area contributed by atoms with Gasteiger partial charge in [-0.2, -0.15) is 0 Å². The van der Waals surface area contributed by atoms with Gasteiger partial charge in [0.2, 0.25) is 0 Å². The van der Waals surface area contributed by atoms with Gasteiger partial charge >= 0.3 is 0 Å². The lowest BCUT2D eigenvalue weighted by atomic mass is 9.42. The molecule has 1 heterocycles. The highest BCUT2D eigenvalue weighted by atomic mass is 16.5. The van der Waals surface area contributed by atoms with Crippen molar-refractivity contribution >= 4 is 6.08 Å². The zero-order valence-corrected chi connectivity index (χ0v) is 17.1. The van der Waals surface area contributed by atoms with Crippen molar-refractivity contribution in [1.82, 2.24) is 0 Å². The van der Waals surface area contributed by atoms with Crippen molar-refractivity contribution in [2.75, 3.05) is 0 Å². The summed E-state index contributed by atoms with van der Waals surface area (Å²) in [5.41, 5.74) is 7.67. The van der Waals surface area contributed by atoms with E-state index in [0.717, 1.165) is 5.75 Å². The van der Waals surface area contributed by atoms with E-state index in [1.165, 1.54) is 33.4 Å². The van der Waals surface area contributed by atoms with E-state index in [4.69, 9.17) is 4.74 Å². The molecule has 4 atom stereocenters. The van der Waals surface area contributed by atoms with Crippen LogP contribution in [0.4, 0.5) is 0 Å². The summed E-state index contributed by atoms with van der Waals surface area (Å²) in [4.78, 5) is 0. The molecule has 0 aromatic heterocycles. The van der Waals surface area contributed by atoms with Crippen LogP contribution in [0.25, 0.3) is 6.08 Å². The number of ether oxygens (including phenoxy) is 1. The van der Waals surface area contributed by atoms with E-state index in [2.05, 4.69) is 91.0 Å². The first kappa shape index (κ1) is 17.4. The number of hydrogen-bond donors (Lipinski definition) is 0. The van der Waals surface area contributed by atoms with Gasteiger partial charge in [0.1, 0.15) is 11.4 Å². The van der Waals surface area contributed by atoms with Crippen LogP contribution in [0.3, 0.4) is 0 Å². The zero-order chi connectivity index (χ0) is 18.9. The molecule has 0 radical (unpaired) electrons. The fourth-order valence-corrected chi connectivity index (χ4v) is 5.58. The topological polar surface area (TPSA) is 9.23 Å². The van der Waals surface area contributed by atoms with Gasteiger partial charge in [-0.25, -0.2) is 0 Å². The smallest absolute Gasteiger partial charge is 0.147 e. The second-order valence-electron chi connectivity index (χ2n) is 8.63. The monoisotopic (exact) mass is 346 g/mol. The molecule has 0 saturated heterocycles. The Morgan fingerprint density at radius 1 is 0.923 bits per heavy atom. The Morgan fingerprint density at radius 3 is 2.31 bits per heavy atom. The third-order valence-corrected chi connectivity index (χ3v) is 7.49. The van der Waals surface area contributed by atoms with Crippen LogP contribution >= 0.6 is 0 Å². The Balaban J connectivity index is 1.96. The molecule has 2 aromatic rings. The van der Waals surface area contributed by atoms with Crippen molar-refractivity contribution in [2.24, 2.45) is 11.8 Å². The summed E-state index contributed by atoms with van der Waals surface area (Å²) < 4.78 is 6.90. The summed E-state index contributed by atoms with van der Waals surface area (Å²) >= 11 is 0. The molecule has 0 unspecified atom stereocenters. The third kappa shape index (κ3) is 1.87. The van der Waals surface area contributed by atoms with E-state index in [-0.39, 0.29) is 11.0 Å². The minimum atomic E-state index is -0.257. The summed E-state index contributed by atoms with van der Waals surface area (Å²) in [6.45, 7) is 15.8. The molecule has 2 aromatic carbocycles. The second-order valence-corrected chi connectivity index (χ2v) is 8.63. The molecule has 2 aliphatic rings. The maximum Gasteiger partial charge on any atom is 0.147 e. The highest BCUT2D eigenvalue weighted by Crippen LogP contribution is 2.71. The highest BCUT2D eigenvalue weighted by Gasteiger charge is 2.73. The summed E-state index contributed by atoms with van der Waals surface area (Å²) in [5.74, 6) is 2.16. The molecule has 136 valence electrons. The average molecular weight is 347 g/mol. The fourth-order valence-electron chi connectivity index (χ4n) is 5.58. The van der Waals surface area contributed by atoms with Crippen LogP contribution in [0.2, 0.25) is 0 Å². The Morgan fingerprint density at radius 2 is 1.65 bits per heavy atom. The predicted molar refractivity (Wildman–Crippen MR) is 110 cm³/mol. The largest absolute Gasteiger partial charge is 0.481 e. The van der Waals surface area contributed by atoms with Crippen LogP contribution in [-0.4, -0.2) is 0 Å². The van der Waals surface area contributed by atoms with Crippen LogP contribution in [0, 0.1) is 32.6 Å². The van der Waals surface area contributed by atoms with Crippen molar-refractivity contribution in [3.05, 3.63) is 69.8 Å². The molecule has 4 rings (SSSR count). The van der Waals surface area contributed by atoms with Crippen molar-refractivity contribution in [3.8, 4) is 5.75 Å². The number of rotatable bonds is 2. The zero-order valence-electron chi connectivity index (χ0n) is 17.1. The van der Waals surface area contributed by atoms with Gasteiger partial charge in [-0.15, -0.1) is 0 Å². The van der Waals surface area contributed by atoms with E-state index in [1.54, 1.807) is 0 Å². The highest BCUT2D eigenvalue weighted by molar-refractivity contribution is 5.64. The first-order valence-corrected chi connectivity index (χ1v) is 9.82. The molecule has 1 aliphatic carbocycles. The van der Waals surface area contributed by atoms with Crippen LogP contribution in [-0.2, 0) is 11.0 Å². The third-order valence-electron chi connectivity index (χ3n) is 7.49. The molecule has 26 heavy (non-hydrogen) atoms. The number of allylic oxidation sites excluding steroid dienone is 1. The SMILES string of the molecule is C/C=C/c1cc(C)c2c(c1)[C@]1(C)[C@H](C)[C@@H](C)[C@]1(c1ccc(C)c(C)c1)O2. The van der Waals surface area contributed by atoms with Crippen LogP contribution in [0.1, 0.15) is 61.1 Å². The molecule has 0 bridgehead atoms. The molecular formula is C25H30O. The number of hydrogen-bond acceptors (Lipinski definition) is 1. The fraction of sp³-hybridized carbons (Fsp3) is 0.440. The molecule has 0 amide bonds. The van der Waals surface area contributed by atoms with Gasteiger partial charge in [-0.1, -0.05) is 51.1 Å². The molecule has 0 N–H and O–H groups in total. The van der Waals surface area contributed by atoms with E-state index in [9.17, 15) is 0 Å². The maximum absolute atomic E-state index is 6.90. The van der Waals surface area contributed by atoms with Crippen molar-refractivity contribution < 1.29 is 4.74 Å². The number of benzene rings is 2. The van der Waals surface area contributed by atoms with Crippen molar-refractivity contribution in [3.63, 3.8) is 0 Å². The van der Waals surface area contributed by atoms with Gasteiger partial charge in [-0.05, 0) is 73.6 Å². The molecule has 1 nitrogen and oxygen atoms in total. The lowest BCUT2D eigenvalue weighted by molar-refractivity contribution is -0.167.